The van der Waals surface area contributed by atoms with Crippen LogP contribution in [0.3, 0.4) is 0 Å². The van der Waals surface area contributed by atoms with Gasteiger partial charge in [-0.1, -0.05) is 48.0 Å². The summed E-state index contributed by atoms with van der Waals surface area (Å²) in [6, 6.07) is 17.3. The van der Waals surface area contributed by atoms with E-state index in [1.165, 1.54) is 0 Å². The van der Waals surface area contributed by atoms with Gasteiger partial charge in [0.1, 0.15) is 0 Å². The van der Waals surface area contributed by atoms with Crippen LogP contribution in [-0.4, -0.2) is 42.6 Å². The summed E-state index contributed by atoms with van der Waals surface area (Å²) >= 11 is 6.26. The third-order valence-corrected chi connectivity index (χ3v) is 8.36. The van der Waals surface area contributed by atoms with E-state index < -0.39 is 15.1 Å². The van der Waals surface area contributed by atoms with E-state index in [0.717, 1.165) is 16.6 Å². The molecule has 1 amide bonds. The summed E-state index contributed by atoms with van der Waals surface area (Å²) in [6.07, 6.45) is 0.708. The van der Waals surface area contributed by atoms with E-state index in [1.54, 1.807) is 29.2 Å². The summed E-state index contributed by atoms with van der Waals surface area (Å²) in [5.74, 6) is -0.0534. The van der Waals surface area contributed by atoms with Gasteiger partial charge in [0.15, 0.2) is 9.84 Å². The van der Waals surface area contributed by atoms with E-state index >= 15 is 0 Å². The number of fused-ring (bicyclic) bond motifs is 1. The van der Waals surface area contributed by atoms with Crippen LogP contribution in [0.5, 0.6) is 0 Å². The van der Waals surface area contributed by atoms with Crippen molar-refractivity contribution in [3.63, 3.8) is 0 Å². The highest BCUT2D eigenvalue weighted by Gasteiger charge is 2.33. The maximum atomic E-state index is 12.9. The van der Waals surface area contributed by atoms with Crippen LogP contribution in [0.1, 0.15) is 29.3 Å². The molecule has 1 atom stereocenters. The number of nitrogens with zero attached hydrogens (tertiary/aromatic N) is 2. The second kappa shape index (κ2) is 8.44. The summed E-state index contributed by atoms with van der Waals surface area (Å²) in [6.45, 7) is 3.26. The SMILES string of the molecule is Cc1cc2ccccc2n1CCC(=O)N1CCC(c2ccccc2Cl)S(=O)(=O)CC1. The Balaban J connectivity index is 1.47. The highest BCUT2D eigenvalue weighted by molar-refractivity contribution is 7.91. The van der Waals surface area contributed by atoms with Crippen molar-refractivity contribution in [3.05, 3.63) is 70.9 Å². The predicted molar refractivity (Wildman–Crippen MR) is 120 cm³/mol. The number of amides is 1. The van der Waals surface area contributed by atoms with Gasteiger partial charge >= 0.3 is 0 Å². The van der Waals surface area contributed by atoms with E-state index in [9.17, 15) is 13.2 Å². The first-order valence-electron chi connectivity index (χ1n) is 10.2. The molecule has 2 aromatic carbocycles. The lowest BCUT2D eigenvalue weighted by atomic mass is 10.1. The molecular formula is C23H25ClN2O3S. The van der Waals surface area contributed by atoms with Crippen molar-refractivity contribution in [1.82, 2.24) is 9.47 Å². The van der Waals surface area contributed by atoms with Crippen molar-refractivity contribution in [3.8, 4) is 0 Å². The highest BCUT2D eigenvalue weighted by atomic mass is 35.5. The topological polar surface area (TPSA) is 59.4 Å². The van der Waals surface area contributed by atoms with E-state index in [0.29, 0.717) is 36.5 Å². The quantitative estimate of drug-likeness (QED) is 0.599. The van der Waals surface area contributed by atoms with Crippen LogP contribution in [-0.2, 0) is 21.2 Å². The number of aromatic nitrogens is 1. The zero-order valence-corrected chi connectivity index (χ0v) is 18.5. The van der Waals surface area contributed by atoms with Crippen molar-refractivity contribution in [2.24, 2.45) is 0 Å². The van der Waals surface area contributed by atoms with Crippen molar-refractivity contribution in [2.75, 3.05) is 18.8 Å². The third kappa shape index (κ3) is 4.12. The molecule has 158 valence electrons. The Kier molecular flexibility index (Phi) is 5.89. The van der Waals surface area contributed by atoms with Crippen LogP contribution in [0, 0.1) is 6.92 Å². The number of halogens is 1. The average molecular weight is 445 g/mol. The Morgan fingerprint density at radius 2 is 1.83 bits per heavy atom. The van der Waals surface area contributed by atoms with E-state index in [1.807, 2.05) is 19.1 Å². The van der Waals surface area contributed by atoms with Gasteiger partial charge < -0.3 is 9.47 Å². The van der Waals surface area contributed by atoms with Gasteiger partial charge in [0.25, 0.3) is 0 Å². The molecule has 1 saturated heterocycles. The Hall–Kier alpha value is -2.31. The molecule has 1 unspecified atom stereocenters. The maximum absolute atomic E-state index is 12.9. The molecule has 0 bridgehead atoms. The molecule has 0 aliphatic carbocycles. The minimum atomic E-state index is -3.38. The summed E-state index contributed by atoms with van der Waals surface area (Å²) in [7, 11) is -3.38. The molecule has 4 rings (SSSR count). The number of carbonyl (C=O) groups excluding carboxylic acids is 1. The van der Waals surface area contributed by atoms with Gasteiger partial charge in [-0.3, -0.25) is 4.79 Å². The van der Waals surface area contributed by atoms with Crippen LogP contribution < -0.4 is 0 Å². The van der Waals surface area contributed by atoms with Crippen LogP contribution in [0.4, 0.5) is 0 Å². The van der Waals surface area contributed by atoms with Crippen molar-refractivity contribution in [1.29, 1.82) is 0 Å². The zero-order valence-electron chi connectivity index (χ0n) is 16.9. The first kappa shape index (κ1) is 20.9. The largest absolute Gasteiger partial charge is 0.344 e. The lowest BCUT2D eigenvalue weighted by Gasteiger charge is -2.21. The minimum Gasteiger partial charge on any atom is -0.344 e. The van der Waals surface area contributed by atoms with E-state index in [4.69, 9.17) is 11.6 Å². The number of hydrogen-bond donors (Lipinski definition) is 0. The predicted octanol–water partition coefficient (Wildman–Crippen LogP) is 4.38. The normalized spacial score (nSPS) is 19.0. The van der Waals surface area contributed by atoms with E-state index in [-0.39, 0.29) is 18.2 Å². The van der Waals surface area contributed by atoms with Crippen LogP contribution in [0.15, 0.2) is 54.6 Å². The number of para-hydroxylation sites is 1. The first-order chi connectivity index (χ1) is 14.4. The smallest absolute Gasteiger partial charge is 0.224 e. The molecule has 0 radical (unpaired) electrons. The molecule has 0 spiro atoms. The molecule has 7 heteroatoms. The molecule has 1 aliphatic rings. The van der Waals surface area contributed by atoms with Crippen molar-refractivity contribution in [2.45, 2.75) is 31.6 Å². The number of hydrogen-bond acceptors (Lipinski definition) is 3. The lowest BCUT2D eigenvalue weighted by molar-refractivity contribution is -0.131. The second-order valence-electron chi connectivity index (χ2n) is 7.79. The number of sulfone groups is 1. The Morgan fingerprint density at radius 1 is 1.10 bits per heavy atom. The van der Waals surface area contributed by atoms with Gasteiger partial charge in [0.2, 0.25) is 5.91 Å². The van der Waals surface area contributed by atoms with Crippen molar-refractivity contribution < 1.29 is 13.2 Å². The van der Waals surface area contributed by atoms with Gasteiger partial charge in [0.05, 0.1) is 11.0 Å². The fourth-order valence-corrected chi connectivity index (χ4v) is 6.44. The fourth-order valence-electron chi connectivity index (χ4n) is 4.29. The highest BCUT2D eigenvalue weighted by Crippen LogP contribution is 2.34. The van der Waals surface area contributed by atoms with Gasteiger partial charge in [0, 0.05) is 42.3 Å². The number of carbonyl (C=O) groups is 1. The molecule has 3 aromatic rings. The molecule has 1 aliphatic heterocycles. The molecular weight excluding hydrogens is 420 g/mol. The Labute approximate surface area is 182 Å². The third-order valence-electron chi connectivity index (χ3n) is 5.91. The fraction of sp³-hybridized carbons (Fsp3) is 0.348. The van der Waals surface area contributed by atoms with E-state index in [2.05, 4.69) is 22.8 Å². The molecule has 1 fully saturated rings. The van der Waals surface area contributed by atoms with Crippen LogP contribution in [0.2, 0.25) is 5.02 Å². The summed E-state index contributed by atoms with van der Waals surface area (Å²) in [5, 5.41) is 0.950. The average Bonchev–Trinajstić information content (AvgIpc) is 2.94. The van der Waals surface area contributed by atoms with Gasteiger partial charge in [-0.15, -0.1) is 0 Å². The molecule has 5 nitrogen and oxygen atoms in total. The van der Waals surface area contributed by atoms with Gasteiger partial charge in [-0.05, 0) is 42.5 Å². The molecule has 0 saturated carbocycles. The monoisotopic (exact) mass is 444 g/mol. The zero-order chi connectivity index (χ0) is 21.3. The summed E-state index contributed by atoms with van der Waals surface area (Å²) in [4.78, 5) is 14.6. The molecule has 2 heterocycles. The molecule has 0 N–H and O–H groups in total. The van der Waals surface area contributed by atoms with Crippen molar-refractivity contribution >= 4 is 38.2 Å². The lowest BCUT2D eigenvalue weighted by Crippen LogP contribution is -2.34. The number of benzene rings is 2. The number of rotatable bonds is 4. The van der Waals surface area contributed by atoms with Gasteiger partial charge in [-0.25, -0.2) is 8.42 Å². The van der Waals surface area contributed by atoms with Gasteiger partial charge in [-0.2, -0.15) is 0 Å². The van der Waals surface area contributed by atoms with Crippen LogP contribution in [0.25, 0.3) is 10.9 Å². The summed E-state index contributed by atoms with van der Waals surface area (Å²) < 4.78 is 27.9. The minimum absolute atomic E-state index is 0.0119. The number of aryl methyl sites for hydroxylation is 2. The van der Waals surface area contributed by atoms with Crippen LogP contribution >= 0.6 is 11.6 Å². The maximum Gasteiger partial charge on any atom is 0.224 e. The second-order valence-corrected chi connectivity index (χ2v) is 10.5. The Bertz CT molecular complexity index is 1190. The summed E-state index contributed by atoms with van der Waals surface area (Å²) in [5.41, 5.74) is 2.85. The molecule has 30 heavy (non-hydrogen) atoms. The standard InChI is InChI=1S/C23H25ClN2O3S/c1-17-16-18-6-2-5-9-21(18)26(17)13-11-23(27)25-12-10-22(30(28,29)15-14-25)19-7-3-4-8-20(19)24/h2-9,16,22H,10-15H2,1H3. The Morgan fingerprint density at radius 3 is 2.63 bits per heavy atom. The molecule has 1 aromatic heterocycles. The first-order valence-corrected chi connectivity index (χ1v) is 12.2.